The molecule has 0 saturated carbocycles. The number of fused-ring (bicyclic) bond motifs is 3. The van der Waals surface area contributed by atoms with Gasteiger partial charge in [-0.05, 0) is 23.1 Å². The Balaban J connectivity index is 2.12. The molecule has 1 aromatic heterocycles. The summed E-state index contributed by atoms with van der Waals surface area (Å²) in [4.78, 5) is 4.18. The summed E-state index contributed by atoms with van der Waals surface area (Å²) in [6, 6.07) is 15.1. The lowest BCUT2D eigenvalue weighted by Crippen LogP contribution is -2.21. The van der Waals surface area contributed by atoms with Gasteiger partial charge in [0.25, 0.3) is 0 Å². The van der Waals surface area contributed by atoms with Gasteiger partial charge in [-0.3, -0.25) is 4.98 Å². The Kier molecular flexibility index (Phi) is 3.10. The van der Waals surface area contributed by atoms with E-state index in [1.165, 1.54) is 0 Å². The lowest BCUT2D eigenvalue weighted by atomic mass is 9.81. The Morgan fingerprint density at radius 1 is 1.21 bits per heavy atom. The fraction of sp³-hybridized carbons (Fsp3) is 0.0526. The van der Waals surface area contributed by atoms with Gasteiger partial charge in [-0.2, -0.15) is 5.26 Å². The molecule has 3 N–H and O–H groups in total. The highest BCUT2D eigenvalue weighted by atomic mass is 16.5. The van der Waals surface area contributed by atoms with E-state index in [0.29, 0.717) is 11.1 Å². The smallest absolute Gasteiger partial charge is 0.205 e. The number of phenols is 1. The van der Waals surface area contributed by atoms with Crippen molar-refractivity contribution < 1.29 is 9.84 Å². The van der Waals surface area contributed by atoms with Gasteiger partial charge in [0, 0.05) is 23.3 Å². The zero-order valence-electron chi connectivity index (χ0n) is 12.6. The average Bonchev–Trinajstić information content (AvgIpc) is 2.62. The van der Waals surface area contributed by atoms with Crippen LogP contribution in [0.15, 0.2) is 66.3 Å². The third-order valence-electron chi connectivity index (χ3n) is 4.22. The highest BCUT2D eigenvalue weighted by Gasteiger charge is 2.34. The van der Waals surface area contributed by atoms with Gasteiger partial charge in [0.1, 0.15) is 11.6 Å². The van der Waals surface area contributed by atoms with Crippen LogP contribution < -0.4 is 10.5 Å². The van der Waals surface area contributed by atoms with E-state index in [4.69, 9.17) is 10.5 Å². The minimum Gasteiger partial charge on any atom is -0.504 e. The number of allylic oxidation sites excluding steroid dienone is 1. The Hall–Kier alpha value is -3.52. The molecule has 116 valence electrons. The molecule has 4 rings (SSSR count). The van der Waals surface area contributed by atoms with Crippen LogP contribution in [0.2, 0.25) is 0 Å². The van der Waals surface area contributed by atoms with Crippen molar-refractivity contribution in [3.8, 4) is 17.6 Å². The molecule has 0 saturated heterocycles. The van der Waals surface area contributed by atoms with E-state index in [0.717, 1.165) is 16.3 Å². The van der Waals surface area contributed by atoms with Gasteiger partial charge < -0.3 is 15.6 Å². The van der Waals surface area contributed by atoms with E-state index < -0.39 is 5.92 Å². The van der Waals surface area contributed by atoms with E-state index in [1.807, 2.05) is 36.4 Å². The molecule has 1 aliphatic rings. The molecule has 5 heteroatoms. The van der Waals surface area contributed by atoms with Crippen LogP contribution in [0.1, 0.15) is 17.0 Å². The van der Waals surface area contributed by atoms with Crippen LogP contribution in [0.4, 0.5) is 0 Å². The molecule has 0 bridgehead atoms. The van der Waals surface area contributed by atoms with Crippen LogP contribution in [0.25, 0.3) is 10.8 Å². The Bertz CT molecular complexity index is 1020. The number of ether oxygens (including phenoxy) is 1. The summed E-state index contributed by atoms with van der Waals surface area (Å²) in [5.41, 5.74) is 7.88. The fourth-order valence-corrected chi connectivity index (χ4v) is 3.17. The van der Waals surface area contributed by atoms with E-state index in [1.54, 1.807) is 18.5 Å². The number of aromatic nitrogens is 1. The van der Waals surface area contributed by atoms with Gasteiger partial charge >= 0.3 is 0 Å². The normalized spacial score (nSPS) is 16.4. The maximum atomic E-state index is 10.4. The summed E-state index contributed by atoms with van der Waals surface area (Å²) in [5.74, 6) is -0.137. The molecule has 1 atom stereocenters. The molecule has 0 fully saturated rings. The second-order valence-corrected chi connectivity index (χ2v) is 5.57. The number of nitrogens with zero attached hydrogens (tertiary/aromatic N) is 2. The first kappa shape index (κ1) is 14.1. The van der Waals surface area contributed by atoms with Gasteiger partial charge in [0.15, 0.2) is 11.5 Å². The van der Waals surface area contributed by atoms with E-state index in [-0.39, 0.29) is 17.4 Å². The molecule has 5 nitrogen and oxygen atoms in total. The van der Waals surface area contributed by atoms with Crippen molar-refractivity contribution in [1.82, 2.24) is 4.98 Å². The zero-order valence-corrected chi connectivity index (χ0v) is 12.6. The van der Waals surface area contributed by atoms with Crippen LogP contribution in [0, 0.1) is 11.3 Å². The number of hydrogen-bond donors (Lipinski definition) is 2. The summed E-state index contributed by atoms with van der Waals surface area (Å²) in [5, 5.41) is 21.6. The van der Waals surface area contributed by atoms with Gasteiger partial charge in [-0.25, -0.2) is 0 Å². The first-order chi connectivity index (χ1) is 11.7. The third kappa shape index (κ3) is 1.97. The topological polar surface area (TPSA) is 92.2 Å². The lowest BCUT2D eigenvalue weighted by Gasteiger charge is -2.28. The minimum absolute atomic E-state index is 0.00966. The zero-order chi connectivity index (χ0) is 16.7. The number of nitrogens with two attached hydrogens (primary N) is 1. The molecule has 24 heavy (non-hydrogen) atoms. The van der Waals surface area contributed by atoms with Crippen LogP contribution in [0.5, 0.6) is 11.5 Å². The van der Waals surface area contributed by atoms with E-state index >= 15 is 0 Å². The van der Waals surface area contributed by atoms with Crippen LogP contribution in [-0.4, -0.2) is 10.1 Å². The summed E-state index contributed by atoms with van der Waals surface area (Å²) in [6.07, 6.45) is 3.37. The van der Waals surface area contributed by atoms with Gasteiger partial charge in [0.05, 0.1) is 5.92 Å². The average molecular weight is 315 g/mol. The second-order valence-electron chi connectivity index (χ2n) is 5.57. The number of benzene rings is 2. The SMILES string of the molecule is N#CC1=C(N)Oc2c(O)cc3ccncc3c2C1c1ccccc1. The van der Waals surface area contributed by atoms with E-state index in [2.05, 4.69) is 11.1 Å². The highest BCUT2D eigenvalue weighted by molar-refractivity contribution is 5.91. The van der Waals surface area contributed by atoms with Crippen molar-refractivity contribution in [2.45, 2.75) is 5.92 Å². The summed E-state index contributed by atoms with van der Waals surface area (Å²) < 4.78 is 5.58. The largest absolute Gasteiger partial charge is 0.504 e. The van der Waals surface area contributed by atoms with Crippen molar-refractivity contribution in [2.75, 3.05) is 0 Å². The third-order valence-corrected chi connectivity index (χ3v) is 4.22. The monoisotopic (exact) mass is 315 g/mol. The predicted octanol–water partition coefficient (Wildman–Crippen LogP) is 3.16. The summed E-state index contributed by atoms with van der Waals surface area (Å²) in [7, 11) is 0. The number of hydrogen-bond acceptors (Lipinski definition) is 5. The van der Waals surface area contributed by atoms with Crippen LogP contribution in [-0.2, 0) is 0 Å². The second kappa shape index (κ2) is 5.28. The summed E-state index contributed by atoms with van der Waals surface area (Å²) >= 11 is 0. The maximum absolute atomic E-state index is 10.4. The molecular weight excluding hydrogens is 302 g/mol. The van der Waals surface area contributed by atoms with Crippen molar-refractivity contribution in [3.63, 3.8) is 0 Å². The van der Waals surface area contributed by atoms with Gasteiger partial charge in [-0.15, -0.1) is 0 Å². The molecule has 1 unspecified atom stereocenters. The van der Waals surface area contributed by atoms with E-state index in [9.17, 15) is 10.4 Å². The van der Waals surface area contributed by atoms with Crippen molar-refractivity contribution in [3.05, 3.63) is 77.4 Å². The first-order valence-corrected chi connectivity index (χ1v) is 7.43. The maximum Gasteiger partial charge on any atom is 0.205 e. The Morgan fingerprint density at radius 3 is 2.75 bits per heavy atom. The number of phenolic OH excluding ortho intramolecular Hbond substituents is 1. The summed E-state index contributed by atoms with van der Waals surface area (Å²) in [6.45, 7) is 0. The molecule has 2 aromatic carbocycles. The number of pyridine rings is 1. The Labute approximate surface area is 138 Å². The van der Waals surface area contributed by atoms with Gasteiger partial charge in [-0.1, -0.05) is 30.3 Å². The number of rotatable bonds is 1. The highest BCUT2D eigenvalue weighted by Crippen LogP contribution is 2.49. The van der Waals surface area contributed by atoms with Crippen LogP contribution >= 0.6 is 0 Å². The lowest BCUT2D eigenvalue weighted by molar-refractivity contribution is 0.360. The van der Waals surface area contributed by atoms with Crippen LogP contribution in [0.3, 0.4) is 0 Å². The minimum atomic E-state index is -0.418. The quantitative estimate of drug-likeness (QED) is 0.719. The molecule has 0 radical (unpaired) electrons. The standard InChI is InChI=1S/C19H13N3O2/c20-9-13-16(11-4-2-1-3-5-11)17-14-10-22-7-6-12(14)8-15(23)18(17)24-19(13)21/h1-8,10,16,23H,21H2. The molecule has 2 heterocycles. The molecule has 0 spiro atoms. The van der Waals surface area contributed by atoms with Crippen molar-refractivity contribution in [2.24, 2.45) is 5.73 Å². The molecule has 0 amide bonds. The number of aromatic hydroxyl groups is 1. The molecule has 0 aliphatic carbocycles. The molecule has 1 aliphatic heterocycles. The molecular formula is C19H13N3O2. The Morgan fingerprint density at radius 2 is 2.00 bits per heavy atom. The van der Waals surface area contributed by atoms with Crippen molar-refractivity contribution in [1.29, 1.82) is 5.26 Å². The fourth-order valence-electron chi connectivity index (χ4n) is 3.17. The van der Waals surface area contributed by atoms with Gasteiger partial charge in [0.2, 0.25) is 5.88 Å². The number of nitriles is 1. The first-order valence-electron chi connectivity index (χ1n) is 7.43. The van der Waals surface area contributed by atoms with Crippen molar-refractivity contribution >= 4 is 10.8 Å². The molecule has 3 aromatic rings. The predicted molar refractivity (Wildman–Crippen MR) is 89.1 cm³/mol.